The summed E-state index contributed by atoms with van der Waals surface area (Å²) >= 11 is 0.997. The predicted molar refractivity (Wildman–Crippen MR) is 79.6 cm³/mol. The third-order valence-electron chi connectivity index (χ3n) is 3.26. The number of nitrogens with two attached hydrogens (primary N) is 1. The molecule has 0 radical (unpaired) electrons. The highest BCUT2D eigenvalue weighted by atomic mass is 32.2. The van der Waals surface area contributed by atoms with Gasteiger partial charge in [-0.1, -0.05) is 6.92 Å². The zero-order chi connectivity index (χ0) is 15.0. The molecule has 0 saturated carbocycles. The van der Waals surface area contributed by atoms with Gasteiger partial charge in [0.25, 0.3) is 0 Å². The van der Waals surface area contributed by atoms with Crippen LogP contribution >= 0.6 is 11.5 Å². The molecular formula is C10H17N3O4S3. The number of nitrogen functional groups attached to an aromatic ring is 1. The Morgan fingerprint density at radius 2 is 2.00 bits per heavy atom. The highest BCUT2D eigenvalue weighted by Crippen LogP contribution is 2.33. The van der Waals surface area contributed by atoms with Crippen molar-refractivity contribution >= 4 is 42.0 Å². The van der Waals surface area contributed by atoms with Gasteiger partial charge in [0.15, 0.2) is 15.7 Å². The van der Waals surface area contributed by atoms with Crippen molar-refractivity contribution in [3.05, 3.63) is 0 Å². The van der Waals surface area contributed by atoms with Crippen LogP contribution in [-0.2, 0) is 19.7 Å². The molecule has 0 atom stereocenters. The lowest BCUT2D eigenvalue weighted by atomic mass is 10.1. The number of rotatable bonds is 4. The van der Waals surface area contributed by atoms with Gasteiger partial charge in [0.1, 0.15) is 19.7 Å². The average Bonchev–Trinajstić information content (AvgIpc) is 2.74. The number of hydrogen-bond acceptors (Lipinski definition) is 8. The van der Waals surface area contributed by atoms with E-state index in [0.717, 1.165) is 11.5 Å². The molecule has 0 unspecified atom stereocenters. The molecule has 2 heterocycles. The van der Waals surface area contributed by atoms with Crippen LogP contribution in [0.2, 0.25) is 0 Å². The fourth-order valence-corrected chi connectivity index (χ4v) is 5.77. The molecular weight excluding hydrogens is 322 g/mol. The Balaban J connectivity index is 2.20. The SMILES string of the molecule is CCS(=O)(=O)c1c(N)nsc1NC1CCS(=O)(=O)CC1. The topological polar surface area (TPSA) is 119 Å². The van der Waals surface area contributed by atoms with Crippen LogP contribution in [0.5, 0.6) is 0 Å². The zero-order valence-corrected chi connectivity index (χ0v) is 13.4. The third kappa shape index (κ3) is 3.23. The maximum absolute atomic E-state index is 12.0. The third-order valence-corrected chi connectivity index (χ3v) is 7.69. The Morgan fingerprint density at radius 1 is 1.40 bits per heavy atom. The van der Waals surface area contributed by atoms with E-state index in [2.05, 4.69) is 9.69 Å². The molecule has 3 N–H and O–H groups in total. The van der Waals surface area contributed by atoms with Crippen molar-refractivity contribution in [2.45, 2.75) is 30.7 Å². The maximum Gasteiger partial charge on any atom is 0.184 e. The molecule has 7 nitrogen and oxygen atoms in total. The minimum atomic E-state index is -3.45. The summed E-state index contributed by atoms with van der Waals surface area (Å²) in [5.74, 6) is 0.190. The van der Waals surface area contributed by atoms with E-state index in [-0.39, 0.29) is 34.0 Å². The molecule has 1 aromatic heterocycles. The highest BCUT2D eigenvalue weighted by molar-refractivity contribution is 7.92. The molecule has 10 heteroatoms. The Hall–Kier alpha value is -0.870. The van der Waals surface area contributed by atoms with Gasteiger partial charge in [-0.05, 0) is 24.4 Å². The summed E-state index contributed by atoms with van der Waals surface area (Å²) in [6.07, 6.45) is 0.928. The lowest BCUT2D eigenvalue weighted by molar-refractivity contribution is 0.559. The number of sulfone groups is 2. The second kappa shape index (κ2) is 5.49. The van der Waals surface area contributed by atoms with E-state index in [1.54, 1.807) is 6.92 Å². The van der Waals surface area contributed by atoms with Crippen molar-refractivity contribution in [3.8, 4) is 0 Å². The molecule has 1 aliphatic rings. The van der Waals surface area contributed by atoms with E-state index in [4.69, 9.17) is 5.73 Å². The first kappa shape index (κ1) is 15.5. The van der Waals surface area contributed by atoms with Crippen LogP contribution < -0.4 is 11.1 Å². The number of anilines is 2. The minimum Gasteiger partial charge on any atom is -0.382 e. The number of hydrogen-bond donors (Lipinski definition) is 2. The van der Waals surface area contributed by atoms with E-state index < -0.39 is 19.7 Å². The minimum absolute atomic E-state index is 0.00257. The number of nitrogens with one attached hydrogen (secondary N) is 1. The molecule has 1 saturated heterocycles. The van der Waals surface area contributed by atoms with Crippen molar-refractivity contribution in [3.63, 3.8) is 0 Å². The summed E-state index contributed by atoms with van der Waals surface area (Å²) in [7, 11) is -6.39. The molecule has 1 aromatic rings. The number of aromatic nitrogens is 1. The Bertz CT molecular complexity index is 679. The van der Waals surface area contributed by atoms with Crippen LogP contribution in [0.1, 0.15) is 19.8 Å². The fourth-order valence-electron chi connectivity index (χ4n) is 2.05. The van der Waals surface area contributed by atoms with Crippen molar-refractivity contribution in [1.82, 2.24) is 4.37 Å². The second-order valence-electron chi connectivity index (χ2n) is 4.70. The van der Waals surface area contributed by atoms with Gasteiger partial charge in [0, 0.05) is 6.04 Å². The van der Waals surface area contributed by atoms with Gasteiger partial charge >= 0.3 is 0 Å². The quantitative estimate of drug-likeness (QED) is 0.820. The van der Waals surface area contributed by atoms with E-state index >= 15 is 0 Å². The standard InChI is InChI=1S/C10H17N3O4S3/c1-2-20(16,17)8-9(11)13-18-10(8)12-7-3-5-19(14,15)6-4-7/h7,12H,2-6H2,1H3,(H2,11,13). The molecule has 1 aliphatic heterocycles. The summed E-state index contributed by atoms with van der Waals surface area (Å²) in [5, 5.41) is 3.49. The summed E-state index contributed by atoms with van der Waals surface area (Å²) < 4.78 is 50.6. The van der Waals surface area contributed by atoms with Crippen molar-refractivity contribution in [2.24, 2.45) is 0 Å². The monoisotopic (exact) mass is 339 g/mol. The van der Waals surface area contributed by atoms with E-state index in [1.165, 1.54) is 0 Å². The molecule has 0 bridgehead atoms. The van der Waals surface area contributed by atoms with Crippen molar-refractivity contribution in [2.75, 3.05) is 28.3 Å². The first-order valence-electron chi connectivity index (χ1n) is 6.20. The Kier molecular flexibility index (Phi) is 4.26. The average molecular weight is 339 g/mol. The zero-order valence-electron chi connectivity index (χ0n) is 11.0. The van der Waals surface area contributed by atoms with Crippen LogP contribution in [0.3, 0.4) is 0 Å². The summed E-state index contributed by atoms with van der Waals surface area (Å²) in [6.45, 7) is 1.55. The second-order valence-corrected chi connectivity index (χ2v) is 9.99. The van der Waals surface area contributed by atoms with Crippen LogP contribution in [-0.4, -0.2) is 44.5 Å². The Labute approximate surface area is 122 Å². The molecule has 0 aromatic carbocycles. The van der Waals surface area contributed by atoms with Gasteiger partial charge in [-0.25, -0.2) is 16.8 Å². The molecule has 1 fully saturated rings. The van der Waals surface area contributed by atoms with Crippen LogP contribution in [0.25, 0.3) is 0 Å². The van der Waals surface area contributed by atoms with Gasteiger partial charge < -0.3 is 11.1 Å². The van der Waals surface area contributed by atoms with Crippen molar-refractivity contribution in [1.29, 1.82) is 0 Å². The van der Waals surface area contributed by atoms with Crippen molar-refractivity contribution < 1.29 is 16.8 Å². The van der Waals surface area contributed by atoms with Crippen LogP contribution in [0.15, 0.2) is 4.90 Å². The van der Waals surface area contributed by atoms with Gasteiger partial charge in [0.2, 0.25) is 0 Å². The van der Waals surface area contributed by atoms with Crippen LogP contribution in [0.4, 0.5) is 10.8 Å². The highest BCUT2D eigenvalue weighted by Gasteiger charge is 2.28. The molecule has 0 amide bonds. The molecule has 114 valence electrons. The van der Waals surface area contributed by atoms with E-state index in [0.29, 0.717) is 17.8 Å². The predicted octanol–water partition coefficient (Wildman–Crippen LogP) is 0.508. The lowest BCUT2D eigenvalue weighted by Gasteiger charge is -2.23. The summed E-state index contributed by atoms with van der Waals surface area (Å²) in [4.78, 5) is 0.0402. The molecule has 0 aliphatic carbocycles. The smallest absolute Gasteiger partial charge is 0.184 e. The molecule has 20 heavy (non-hydrogen) atoms. The van der Waals surface area contributed by atoms with Gasteiger partial charge in [-0.3, -0.25) is 0 Å². The summed E-state index contributed by atoms with van der Waals surface area (Å²) in [5.41, 5.74) is 5.64. The normalized spacial score (nSPS) is 19.9. The van der Waals surface area contributed by atoms with E-state index in [1.807, 2.05) is 0 Å². The first-order valence-corrected chi connectivity index (χ1v) is 10.4. The molecule has 0 spiro atoms. The summed E-state index contributed by atoms with van der Waals surface area (Å²) in [6, 6.07) is -0.0656. The number of nitrogens with zero attached hydrogens (tertiary/aromatic N) is 1. The largest absolute Gasteiger partial charge is 0.382 e. The Morgan fingerprint density at radius 3 is 2.55 bits per heavy atom. The lowest BCUT2D eigenvalue weighted by Crippen LogP contribution is -2.32. The van der Waals surface area contributed by atoms with Gasteiger partial charge in [-0.2, -0.15) is 4.37 Å². The first-order chi connectivity index (χ1) is 9.25. The van der Waals surface area contributed by atoms with Gasteiger partial charge in [0.05, 0.1) is 17.3 Å². The molecule has 2 rings (SSSR count). The fraction of sp³-hybridized carbons (Fsp3) is 0.700. The van der Waals surface area contributed by atoms with Gasteiger partial charge in [-0.15, -0.1) is 0 Å². The maximum atomic E-state index is 12.0. The van der Waals surface area contributed by atoms with E-state index in [9.17, 15) is 16.8 Å². The van der Waals surface area contributed by atoms with Crippen LogP contribution in [0, 0.1) is 0 Å².